The van der Waals surface area contributed by atoms with Crippen LogP contribution in [0.15, 0.2) is 35.4 Å². The number of nitrogens with zero attached hydrogens (tertiary/aromatic N) is 4. The summed E-state index contributed by atoms with van der Waals surface area (Å²) in [6.07, 6.45) is 2.79. The van der Waals surface area contributed by atoms with Crippen molar-refractivity contribution in [1.29, 1.82) is 0 Å². The second-order valence-corrected chi connectivity index (χ2v) is 6.00. The van der Waals surface area contributed by atoms with E-state index >= 15 is 0 Å². The summed E-state index contributed by atoms with van der Waals surface area (Å²) in [4.78, 5) is 40.7. The molecule has 9 nitrogen and oxygen atoms in total. The molecule has 0 aliphatic carbocycles. The van der Waals surface area contributed by atoms with Crippen LogP contribution in [0.5, 0.6) is 0 Å². The minimum Gasteiger partial charge on any atom is -0.271 e. The maximum Gasteiger partial charge on any atom is 0.276 e. The third-order valence-electron chi connectivity index (χ3n) is 3.81. The number of rotatable bonds is 3. The van der Waals surface area contributed by atoms with Gasteiger partial charge < -0.3 is 0 Å². The van der Waals surface area contributed by atoms with Gasteiger partial charge in [0.15, 0.2) is 0 Å². The third-order valence-corrected chi connectivity index (χ3v) is 3.81. The number of nitrogens with one attached hydrogen (secondary N) is 2. The Kier molecular flexibility index (Phi) is 4.53. The average Bonchev–Trinajstić information content (AvgIpc) is 2.90. The second-order valence-electron chi connectivity index (χ2n) is 6.00. The number of fused-ring (bicyclic) bond motifs is 1. The molecule has 0 saturated carbocycles. The van der Waals surface area contributed by atoms with E-state index in [9.17, 15) is 14.4 Å². The molecule has 3 rings (SSSR count). The number of aryl methyl sites for hydroxylation is 3. The Morgan fingerprint density at radius 3 is 2.62 bits per heavy atom. The number of carbonyl (C=O) groups is 2. The monoisotopic (exact) mass is 354 g/mol. The Morgan fingerprint density at radius 1 is 1.15 bits per heavy atom. The summed E-state index contributed by atoms with van der Waals surface area (Å²) in [6, 6.07) is 5.35. The molecule has 0 saturated heterocycles. The van der Waals surface area contributed by atoms with E-state index in [1.54, 1.807) is 12.3 Å². The van der Waals surface area contributed by atoms with Gasteiger partial charge >= 0.3 is 0 Å². The fourth-order valence-electron chi connectivity index (χ4n) is 2.54. The lowest BCUT2D eigenvalue weighted by Crippen LogP contribution is -2.45. The molecule has 0 fully saturated rings. The highest BCUT2D eigenvalue weighted by molar-refractivity contribution is 5.94. The van der Waals surface area contributed by atoms with Gasteiger partial charge in [0.1, 0.15) is 17.8 Å². The van der Waals surface area contributed by atoms with Crippen molar-refractivity contribution in [2.75, 3.05) is 0 Å². The Morgan fingerprint density at radius 2 is 1.92 bits per heavy atom. The Balaban J connectivity index is 1.71. The number of carbonyl (C=O) groups excluding carboxylic acids is 2. The van der Waals surface area contributed by atoms with E-state index in [4.69, 9.17) is 0 Å². The van der Waals surface area contributed by atoms with E-state index in [-0.39, 0.29) is 12.1 Å². The van der Waals surface area contributed by atoms with Gasteiger partial charge in [0.2, 0.25) is 0 Å². The predicted molar refractivity (Wildman–Crippen MR) is 93.5 cm³/mol. The van der Waals surface area contributed by atoms with Gasteiger partial charge in [-0.2, -0.15) is 5.10 Å². The van der Waals surface area contributed by atoms with E-state index in [1.807, 2.05) is 32.9 Å². The summed E-state index contributed by atoms with van der Waals surface area (Å²) >= 11 is 0. The van der Waals surface area contributed by atoms with Crippen LogP contribution in [-0.2, 0) is 11.3 Å². The molecule has 3 aromatic heterocycles. The summed E-state index contributed by atoms with van der Waals surface area (Å²) in [5.74, 6) is -1.20. The van der Waals surface area contributed by atoms with Crippen molar-refractivity contribution >= 4 is 17.5 Å². The fourth-order valence-corrected chi connectivity index (χ4v) is 2.54. The van der Waals surface area contributed by atoms with Crippen molar-refractivity contribution in [2.45, 2.75) is 27.3 Å². The lowest BCUT2D eigenvalue weighted by molar-refractivity contribution is -0.122. The summed E-state index contributed by atoms with van der Waals surface area (Å²) in [6.45, 7) is 5.44. The first-order valence-electron chi connectivity index (χ1n) is 7.93. The van der Waals surface area contributed by atoms with Gasteiger partial charge in [-0.1, -0.05) is 6.07 Å². The Labute approximate surface area is 148 Å². The number of hydrogen-bond donors (Lipinski definition) is 2. The van der Waals surface area contributed by atoms with Crippen LogP contribution in [0.25, 0.3) is 5.65 Å². The smallest absolute Gasteiger partial charge is 0.271 e. The summed E-state index contributed by atoms with van der Waals surface area (Å²) in [5, 5.41) is 4.17. The van der Waals surface area contributed by atoms with E-state index < -0.39 is 17.4 Å². The van der Waals surface area contributed by atoms with Crippen LogP contribution in [-0.4, -0.2) is 31.0 Å². The predicted octanol–water partition coefficient (Wildman–Crippen LogP) is 0.277. The molecule has 0 unspecified atom stereocenters. The van der Waals surface area contributed by atoms with Crippen molar-refractivity contribution in [3.63, 3.8) is 0 Å². The highest BCUT2D eigenvalue weighted by Crippen LogP contribution is 2.02. The average molecular weight is 354 g/mol. The van der Waals surface area contributed by atoms with Crippen LogP contribution in [0.1, 0.15) is 27.3 Å². The third kappa shape index (κ3) is 3.46. The van der Waals surface area contributed by atoms with Crippen LogP contribution >= 0.6 is 0 Å². The second kappa shape index (κ2) is 6.79. The maximum absolute atomic E-state index is 12.4. The lowest BCUT2D eigenvalue weighted by Gasteiger charge is -2.09. The molecule has 2 amide bonds. The van der Waals surface area contributed by atoms with Crippen molar-refractivity contribution in [3.8, 4) is 0 Å². The molecule has 3 heterocycles. The van der Waals surface area contributed by atoms with Gasteiger partial charge in [-0.3, -0.25) is 34.3 Å². The van der Waals surface area contributed by atoms with E-state index in [0.29, 0.717) is 5.65 Å². The largest absolute Gasteiger partial charge is 0.276 e. The zero-order valence-corrected chi connectivity index (χ0v) is 14.6. The molecule has 134 valence electrons. The van der Waals surface area contributed by atoms with E-state index in [2.05, 4.69) is 20.9 Å². The lowest BCUT2D eigenvalue weighted by atomic mass is 10.3. The van der Waals surface area contributed by atoms with Crippen LogP contribution in [0.4, 0.5) is 0 Å². The first-order chi connectivity index (χ1) is 12.3. The summed E-state index contributed by atoms with van der Waals surface area (Å²) in [5.41, 5.74) is 6.75. The van der Waals surface area contributed by atoms with Crippen molar-refractivity contribution < 1.29 is 9.59 Å². The SMILES string of the molecule is Cc1ccc2ncc(C(=O)NNC(=O)Cn3nc(C)cc3C)c(=O)n2c1. The summed E-state index contributed by atoms with van der Waals surface area (Å²) in [7, 11) is 0. The maximum atomic E-state index is 12.4. The quantitative estimate of drug-likeness (QED) is 0.656. The van der Waals surface area contributed by atoms with Gasteiger partial charge in [0.25, 0.3) is 17.4 Å². The van der Waals surface area contributed by atoms with Crippen LogP contribution < -0.4 is 16.4 Å². The molecular formula is C17H18N6O3. The Hall–Kier alpha value is -3.49. The minimum atomic E-state index is -0.736. The number of aromatic nitrogens is 4. The molecule has 0 aliphatic rings. The van der Waals surface area contributed by atoms with E-state index in [0.717, 1.165) is 17.0 Å². The Bertz CT molecular complexity index is 1070. The van der Waals surface area contributed by atoms with Crippen LogP contribution in [0.2, 0.25) is 0 Å². The fraction of sp³-hybridized carbons (Fsp3) is 0.235. The molecule has 0 radical (unpaired) electrons. The van der Waals surface area contributed by atoms with Gasteiger partial charge in [-0.15, -0.1) is 0 Å². The number of pyridine rings is 1. The number of amides is 2. The molecule has 9 heteroatoms. The molecule has 0 bridgehead atoms. The zero-order chi connectivity index (χ0) is 18.8. The van der Waals surface area contributed by atoms with Crippen LogP contribution in [0, 0.1) is 20.8 Å². The zero-order valence-electron chi connectivity index (χ0n) is 14.6. The normalized spacial score (nSPS) is 10.7. The molecular weight excluding hydrogens is 336 g/mol. The molecule has 0 aliphatic heterocycles. The molecule has 0 aromatic carbocycles. The van der Waals surface area contributed by atoms with Gasteiger partial charge in [0, 0.05) is 18.1 Å². The highest BCUT2D eigenvalue weighted by Gasteiger charge is 2.15. The first-order valence-corrected chi connectivity index (χ1v) is 7.93. The summed E-state index contributed by atoms with van der Waals surface area (Å²) < 4.78 is 2.81. The highest BCUT2D eigenvalue weighted by atomic mass is 16.2. The standard InChI is InChI=1S/C17H18N6O3/c1-10-4-5-14-18-7-13(17(26)22(14)8-10)16(25)20-19-15(24)9-23-12(3)6-11(2)21-23/h4-8H,9H2,1-3H3,(H,19,24)(H,20,25). The molecule has 2 N–H and O–H groups in total. The van der Waals surface area contributed by atoms with Gasteiger partial charge in [0.05, 0.1) is 5.69 Å². The first kappa shape index (κ1) is 17.3. The van der Waals surface area contributed by atoms with Crippen molar-refractivity contribution in [1.82, 2.24) is 30.0 Å². The van der Waals surface area contributed by atoms with Crippen molar-refractivity contribution in [2.24, 2.45) is 0 Å². The molecule has 26 heavy (non-hydrogen) atoms. The van der Waals surface area contributed by atoms with Gasteiger partial charge in [-0.05, 0) is 38.5 Å². The minimum absolute atomic E-state index is 0.0475. The van der Waals surface area contributed by atoms with E-state index in [1.165, 1.54) is 15.3 Å². The molecule has 0 atom stereocenters. The molecule has 3 aromatic rings. The van der Waals surface area contributed by atoms with Crippen LogP contribution in [0.3, 0.4) is 0 Å². The molecule has 0 spiro atoms. The number of hydrazine groups is 1. The topological polar surface area (TPSA) is 110 Å². The van der Waals surface area contributed by atoms with Gasteiger partial charge in [-0.25, -0.2) is 4.98 Å². The number of hydrogen-bond acceptors (Lipinski definition) is 5. The van der Waals surface area contributed by atoms with Crippen molar-refractivity contribution in [3.05, 3.63) is 63.5 Å².